The molecule has 0 aliphatic carbocycles. The maximum absolute atomic E-state index is 4.19. The van der Waals surface area contributed by atoms with Crippen LogP contribution in [0.15, 0.2) is 35.4 Å². The van der Waals surface area contributed by atoms with E-state index in [0.29, 0.717) is 0 Å². The molecule has 3 rings (SSSR count). The molecule has 0 atom stereocenters. The number of anilines is 1. The number of allylic oxidation sites excluding steroid dienone is 2. The van der Waals surface area contributed by atoms with Gasteiger partial charge in [0.2, 0.25) is 5.10 Å². The molecule has 0 fully saturated rings. The lowest BCUT2D eigenvalue weighted by molar-refractivity contribution is 1.05. The number of nitrogens with one attached hydrogen (secondary N) is 1. The fourth-order valence-electron chi connectivity index (χ4n) is 1.98. The van der Waals surface area contributed by atoms with Crippen LogP contribution < -0.4 is 10.4 Å². The van der Waals surface area contributed by atoms with E-state index in [0.717, 1.165) is 18.7 Å². The van der Waals surface area contributed by atoms with Crippen molar-refractivity contribution in [1.29, 1.82) is 0 Å². The first-order chi connectivity index (χ1) is 7.45. The number of benzene rings is 1. The van der Waals surface area contributed by atoms with Gasteiger partial charge in [0, 0.05) is 35.9 Å². The van der Waals surface area contributed by atoms with E-state index in [1.54, 1.807) is 6.21 Å². The monoisotopic (exact) mass is 197 g/mol. The zero-order valence-corrected chi connectivity index (χ0v) is 8.27. The molecule has 0 amide bonds. The van der Waals surface area contributed by atoms with Crippen LogP contribution >= 0.6 is 0 Å². The molecular formula is C12H11N3+. The highest BCUT2D eigenvalue weighted by atomic mass is 15.2. The zero-order valence-electron chi connectivity index (χ0n) is 8.27. The smallest absolute Gasteiger partial charge is 0.278 e. The van der Waals surface area contributed by atoms with Gasteiger partial charge >= 0.3 is 0 Å². The van der Waals surface area contributed by atoms with E-state index in [9.17, 15) is 0 Å². The van der Waals surface area contributed by atoms with Gasteiger partial charge in [-0.25, -0.2) is 0 Å². The Bertz CT molecular complexity index is 483. The molecule has 0 unspecified atom stereocenters. The van der Waals surface area contributed by atoms with E-state index in [1.165, 1.54) is 16.8 Å². The van der Waals surface area contributed by atoms with Crippen LogP contribution in [0.5, 0.6) is 0 Å². The van der Waals surface area contributed by atoms with Crippen LogP contribution in [0.25, 0.3) is 5.57 Å². The summed E-state index contributed by atoms with van der Waals surface area (Å²) >= 11 is 0. The summed E-state index contributed by atoms with van der Waals surface area (Å²) in [6, 6.07) is 8.32. The van der Waals surface area contributed by atoms with Crippen molar-refractivity contribution in [1.82, 2.24) is 5.10 Å². The summed E-state index contributed by atoms with van der Waals surface area (Å²) in [6.45, 7) is 0.919. The lowest BCUT2D eigenvalue weighted by Crippen LogP contribution is -2.08. The summed E-state index contributed by atoms with van der Waals surface area (Å²) in [4.78, 5) is 0. The van der Waals surface area contributed by atoms with Gasteiger partial charge in [-0.05, 0) is 6.07 Å². The summed E-state index contributed by atoms with van der Waals surface area (Å²) in [5, 5.41) is 11.5. The Morgan fingerprint density at radius 1 is 1.27 bits per heavy atom. The predicted molar refractivity (Wildman–Crippen MR) is 63.2 cm³/mol. The summed E-state index contributed by atoms with van der Waals surface area (Å²) in [5.74, 6) is 0. The maximum Gasteiger partial charge on any atom is 0.278 e. The van der Waals surface area contributed by atoms with Gasteiger partial charge in [0.1, 0.15) is 5.71 Å². The van der Waals surface area contributed by atoms with E-state index in [-0.39, 0.29) is 0 Å². The van der Waals surface area contributed by atoms with Gasteiger partial charge in [-0.1, -0.05) is 18.2 Å². The Balaban J connectivity index is 2.21. The molecule has 73 valence electrons. The summed E-state index contributed by atoms with van der Waals surface area (Å²) < 4.78 is 0. The molecule has 2 heterocycles. The second-order valence-electron chi connectivity index (χ2n) is 3.61. The molecule has 15 heavy (non-hydrogen) atoms. The summed E-state index contributed by atoms with van der Waals surface area (Å²) in [6.07, 6.45) is 4.72. The fourth-order valence-corrected chi connectivity index (χ4v) is 1.98. The van der Waals surface area contributed by atoms with Gasteiger partial charge in [-0.15, -0.1) is 0 Å². The largest absolute Gasteiger partial charge is 0.384 e. The maximum atomic E-state index is 4.19. The Morgan fingerprint density at radius 3 is 3.20 bits per heavy atom. The third-order valence-electron chi connectivity index (χ3n) is 2.69. The lowest BCUT2D eigenvalue weighted by Gasteiger charge is -2.07. The van der Waals surface area contributed by atoms with Gasteiger partial charge in [-0.3, -0.25) is 0 Å². The number of rotatable bonds is 0. The van der Waals surface area contributed by atoms with Gasteiger partial charge < -0.3 is 5.32 Å². The minimum atomic E-state index is 0.919. The van der Waals surface area contributed by atoms with Crippen molar-refractivity contribution in [3.05, 3.63) is 35.9 Å². The van der Waals surface area contributed by atoms with Crippen molar-refractivity contribution in [3.8, 4) is 0 Å². The van der Waals surface area contributed by atoms with E-state index < -0.39 is 0 Å². The third-order valence-corrected chi connectivity index (χ3v) is 2.69. The number of para-hydroxylation sites is 1. The molecule has 0 saturated carbocycles. The number of nitrogens with zero attached hydrogens (tertiary/aromatic N) is 2. The van der Waals surface area contributed by atoms with E-state index in [4.69, 9.17) is 0 Å². The average molecular weight is 197 g/mol. The molecule has 0 spiro atoms. The first-order valence-corrected chi connectivity index (χ1v) is 5.09. The van der Waals surface area contributed by atoms with Crippen molar-refractivity contribution in [2.75, 3.05) is 11.9 Å². The van der Waals surface area contributed by atoms with Crippen LogP contribution in [0.1, 0.15) is 12.0 Å². The van der Waals surface area contributed by atoms with Crippen LogP contribution in [-0.4, -0.2) is 18.5 Å². The van der Waals surface area contributed by atoms with E-state index in [1.807, 2.05) is 12.1 Å². The number of fused-ring (bicyclic) bond motifs is 3. The van der Waals surface area contributed by atoms with Gasteiger partial charge in [0.05, 0.1) is 5.10 Å². The van der Waals surface area contributed by atoms with Crippen molar-refractivity contribution in [2.24, 2.45) is 5.10 Å². The Labute approximate surface area is 88.2 Å². The topological polar surface area (TPSA) is 38.5 Å². The standard InChI is InChI=1S/C12H11N3/c1-2-4-11-9(3-1)10-5-8-14-15-12(10)6-7-13-11/h1-5,8,13H,6-7H2/q+1. The number of hydrogen-bond donors (Lipinski definition) is 1. The molecule has 2 aliphatic heterocycles. The molecule has 0 aromatic heterocycles. The van der Waals surface area contributed by atoms with E-state index >= 15 is 0 Å². The number of hydrogen-bond acceptors (Lipinski definition) is 3. The Hall–Kier alpha value is -1.90. The Kier molecular flexibility index (Phi) is 1.88. The van der Waals surface area contributed by atoms with Crippen LogP contribution in [0, 0.1) is 0 Å². The summed E-state index contributed by atoms with van der Waals surface area (Å²) in [5.41, 5.74) is 4.68. The van der Waals surface area contributed by atoms with Gasteiger partial charge in [-0.2, -0.15) is 0 Å². The highest BCUT2D eigenvalue weighted by Gasteiger charge is 2.21. The SMILES string of the molecule is C1=[N+]N=C2CCNc3ccccc3C2=C1. The quantitative estimate of drug-likeness (QED) is 0.675. The van der Waals surface area contributed by atoms with Crippen LogP contribution in [-0.2, 0) is 0 Å². The van der Waals surface area contributed by atoms with Crippen molar-refractivity contribution >= 4 is 23.2 Å². The molecule has 0 saturated heterocycles. The second-order valence-corrected chi connectivity index (χ2v) is 3.61. The van der Waals surface area contributed by atoms with Crippen molar-refractivity contribution < 1.29 is 0 Å². The van der Waals surface area contributed by atoms with Gasteiger partial charge in [0.25, 0.3) is 6.21 Å². The minimum absolute atomic E-state index is 0.919. The highest BCUT2D eigenvalue weighted by Crippen LogP contribution is 2.28. The lowest BCUT2D eigenvalue weighted by atomic mass is 9.98. The molecule has 2 aliphatic rings. The third kappa shape index (κ3) is 1.36. The Morgan fingerprint density at radius 2 is 2.20 bits per heavy atom. The molecule has 0 bridgehead atoms. The molecule has 1 aromatic carbocycles. The summed E-state index contributed by atoms with van der Waals surface area (Å²) in [7, 11) is 0. The van der Waals surface area contributed by atoms with Crippen LogP contribution in [0.4, 0.5) is 5.69 Å². The zero-order chi connectivity index (χ0) is 10.1. The molecule has 3 heteroatoms. The van der Waals surface area contributed by atoms with Crippen LogP contribution in [0.3, 0.4) is 0 Å². The predicted octanol–water partition coefficient (Wildman–Crippen LogP) is 1.66. The molecule has 1 N–H and O–H groups in total. The van der Waals surface area contributed by atoms with Crippen molar-refractivity contribution in [3.63, 3.8) is 0 Å². The average Bonchev–Trinajstić information content (AvgIpc) is 2.48. The normalized spacial score (nSPS) is 17.9. The first-order valence-electron chi connectivity index (χ1n) is 5.09. The first kappa shape index (κ1) is 8.41. The fraction of sp³-hybridized carbons (Fsp3) is 0.167. The molecule has 3 nitrogen and oxygen atoms in total. The minimum Gasteiger partial charge on any atom is -0.384 e. The van der Waals surface area contributed by atoms with Gasteiger partial charge in [0.15, 0.2) is 0 Å². The highest BCUT2D eigenvalue weighted by molar-refractivity contribution is 6.28. The van der Waals surface area contributed by atoms with Crippen LogP contribution in [0.2, 0.25) is 0 Å². The molecule has 1 aromatic rings. The second kappa shape index (κ2) is 3.35. The van der Waals surface area contributed by atoms with Crippen molar-refractivity contribution in [2.45, 2.75) is 6.42 Å². The van der Waals surface area contributed by atoms with E-state index in [2.05, 4.69) is 33.7 Å². The molecular weight excluding hydrogens is 186 g/mol. The molecule has 1 radical (unpaired) electrons.